The molecular weight excluding hydrogens is 294 g/mol. The molecule has 2 atom stereocenters. The maximum absolute atomic E-state index is 12.7. The molecule has 1 heterocycles. The SMILES string of the molecule is CC(=O)c1cccc(S(=O)(=O)N2CC(C)SC(C)C2)c1. The fourth-order valence-corrected chi connectivity index (χ4v) is 5.53. The number of benzene rings is 1. The van der Waals surface area contributed by atoms with E-state index in [0.717, 1.165) is 0 Å². The first kappa shape index (κ1) is 15.5. The van der Waals surface area contributed by atoms with E-state index in [2.05, 4.69) is 0 Å². The minimum atomic E-state index is -3.52. The van der Waals surface area contributed by atoms with E-state index in [1.807, 2.05) is 13.8 Å². The third-order valence-electron chi connectivity index (χ3n) is 3.26. The summed E-state index contributed by atoms with van der Waals surface area (Å²) < 4.78 is 26.8. The van der Waals surface area contributed by atoms with Crippen LogP contribution in [0.1, 0.15) is 31.1 Å². The van der Waals surface area contributed by atoms with Crippen molar-refractivity contribution in [1.29, 1.82) is 0 Å². The summed E-state index contributed by atoms with van der Waals surface area (Å²) in [5.74, 6) is -0.127. The number of rotatable bonds is 3. The van der Waals surface area contributed by atoms with Crippen LogP contribution in [0.5, 0.6) is 0 Å². The van der Waals surface area contributed by atoms with Crippen LogP contribution in [0.4, 0.5) is 0 Å². The van der Waals surface area contributed by atoms with Gasteiger partial charge >= 0.3 is 0 Å². The van der Waals surface area contributed by atoms with Gasteiger partial charge in [0, 0.05) is 29.2 Å². The average molecular weight is 313 g/mol. The number of hydrogen-bond acceptors (Lipinski definition) is 4. The van der Waals surface area contributed by atoms with Crippen LogP contribution in [-0.2, 0) is 10.0 Å². The Kier molecular flexibility index (Phi) is 4.56. The Morgan fingerprint density at radius 3 is 2.40 bits per heavy atom. The minimum absolute atomic E-state index is 0.127. The van der Waals surface area contributed by atoms with Gasteiger partial charge < -0.3 is 0 Å². The van der Waals surface area contributed by atoms with Crippen molar-refractivity contribution in [2.24, 2.45) is 0 Å². The van der Waals surface area contributed by atoms with Crippen molar-refractivity contribution in [2.75, 3.05) is 13.1 Å². The molecule has 1 saturated heterocycles. The van der Waals surface area contributed by atoms with Crippen LogP contribution in [0, 0.1) is 0 Å². The lowest BCUT2D eigenvalue weighted by Gasteiger charge is -2.33. The molecule has 2 rings (SSSR count). The van der Waals surface area contributed by atoms with Gasteiger partial charge in [-0.2, -0.15) is 16.1 Å². The Bertz CT molecular complexity index is 603. The van der Waals surface area contributed by atoms with Crippen LogP contribution < -0.4 is 0 Å². The van der Waals surface area contributed by atoms with Crippen molar-refractivity contribution >= 4 is 27.6 Å². The van der Waals surface area contributed by atoms with E-state index in [0.29, 0.717) is 18.7 Å². The van der Waals surface area contributed by atoms with Gasteiger partial charge in [-0.1, -0.05) is 26.0 Å². The zero-order valence-corrected chi connectivity index (χ0v) is 13.5. The van der Waals surface area contributed by atoms with Gasteiger partial charge in [0.1, 0.15) is 0 Å². The van der Waals surface area contributed by atoms with Gasteiger partial charge in [0.15, 0.2) is 5.78 Å². The summed E-state index contributed by atoms with van der Waals surface area (Å²) in [6.07, 6.45) is 0. The zero-order valence-electron chi connectivity index (χ0n) is 11.9. The highest BCUT2D eigenvalue weighted by atomic mass is 32.2. The number of ketones is 1. The maximum Gasteiger partial charge on any atom is 0.243 e. The molecule has 0 aromatic heterocycles. The van der Waals surface area contributed by atoms with Gasteiger partial charge in [0.2, 0.25) is 10.0 Å². The van der Waals surface area contributed by atoms with E-state index >= 15 is 0 Å². The van der Waals surface area contributed by atoms with Crippen LogP contribution in [-0.4, -0.2) is 42.1 Å². The number of nitrogens with zero attached hydrogens (tertiary/aromatic N) is 1. The number of hydrogen-bond donors (Lipinski definition) is 0. The molecule has 0 saturated carbocycles. The van der Waals surface area contributed by atoms with Crippen LogP contribution in [0.15, 0.2) is 29.2 Å². The fourth-order valence-electron chi connectivity index (χ4n) is 2.35. The van der Waals surface area contributed by atoms with Crippen molar-refractivity contribution in [3.63, 3.8) is 0 Å². The third-order valence-corrected chi connectivity index (χ3v) is 6.32. The molecule has 0 radical (unpaired) electrons. The molecule has 1 aliphatic rings. The zero-order chi connectivity index (χ0) is 14.9. The van der Waals surface area contributed by atoms with Crippen LogP contribution in [0.25, 0.3) is 0 Å². The molecule has 2 unspecified atom stereocenters. The van der Waals surface area contributed by atoms with Gasteiger partial charge in [-0.3, -0.25) is 4.79 Å². The number of Topliss-reactive ketones (excluding diaryl/α,β-unsaturated/α-hetero) is 1. The van der Waals surface area contributed by atoms with Crippen molar-refractivity contribution in [1.82, 2.24) is 4.31 Å². The van der Waals surface area contributed by atoms with E-state index in [9.17, 15) is 13.2 Å². The van der Waals surface area contributed by atoms with E-state index < -0.39 is 10.0 Å². The Morgan fingerprint density at radius 2 is 1.85 bits per heavy atom. The highest BCUT2D eigenvalue weighted by Gasteiger charge is 2.32. The van der Waals surface area contributed by atoms with E-state index in [1.54, 1.807) is 30.0 Å². The van der Waals surface area contributed by atoms with Gasteiger partial charge in [-0.05, 0) is 19.1 Å². The van der Waals surface area contributed by atoms with Crippen LogP contribution in [0.2, 0.25) is 0 Å². The molecule has 6 heteroatoms. The van der Waals surface area contributed by atoms with Crippen molar-refractivity contribution in [3.8, 4) is 0 Å². The summed E-state index contributed by atoms with van der Waals surface area (Å²) in [5, 5.41) is 0.564. The second-order valence-electron chi connectivity index (χ2n) is 5.16. The van der Waals surface area contributed by atoms with Crippen LogP contribution in [0.3, 0.4) is 0 Å². The van der Waals surface area contributed by atoms with E-state index in [-0.39, 0.29) is 21.2 Å². The normalized spacial score (nSPS) is 24.6. The molecule has 1 aromatic carbocycles. The first-order valence-electron chi connectivity index (χ1n) is 6.57. The summed E-state index contributed by atoms with van der Waals surface area (Å²) in [4.78, 5) is 11.6. The maximum atomic E-state index is 12.7. The lowest BCUT2D eigenvalue weighted by molar-refractivity contribution is 0.101. The van der Waals surface area contributed by atoms with Crippen LogP contribution >= 0.6 is 11.8 Å². The summed E-state index contributed by atoms with van der Waals surface area (Å²) in [7, 11) is -3.52. The van der Waals surface area contributed by atoms with Gasteiger partial charge in [0.05, 0.1) is 4.90 Å². The van der Waals surface area contributed by atoms with Gasteiger partial charge in [0.25, 0.3) is 0 Å². The Labute approximate surface area is 124 Å². The fraction of sp³-hybridized carbons (Fsp3) is 0.500. The number of carbonyl (C=O) groups is 1. The molecule has 1 fully saturated rings. The smallest absolute Gasteiger partial charge is 0.243 e. The molecule has 4 nitrogen and oxygen atoms in total. The third kappa shape index (κ3) is 3.24. The Balaban J connectivity index is 2.34. The molecule has 110 valence electrons. The predicted molar refractivity (Wildman–Crippen MR) is 81.7 cm³/mol. The molecule has 0 bridgehead atoms. The van der Waals surface area contributed by atoms with Gasteiger partial charge in [-0.25, -0.2) is 8.42 Å². The summed E-state index contributed by atoms with van der Waals surface area (Å²) in [5.41, 5.74) is 0.429. The quantitative estimate of drug-likeness (QED) is 0.804. The number of thioether (sulfide) groups is 1. The molecule has 0 amide bonds. The first-order chi connectivity index (χ1) is 9.30. The predicted octanol–water partition coefficient (Wildman–Crippen LogP) is 2.40. The summed E-state index contributed by atoms with van der Waals surface area (Å²) >= 11 is 1.80. The lowest BCUT2D eigenvalue weighted by atomic mass is 10.2. The molecule has 0 aliphatic carbocycles. The summed E-state index contributed by atoms with van der Waals surface area (Å²) in [6.45, 7) is 6.54. The molecular formula is C14H19NO3S2. The monoisotopic (exact) mass is 313 g/mol. The topological polar surface area (TPSA) is 54.5 Å². The Morgan fingerprint density at radius 1 is 1.25 bits per heavy atom. The van der Waals surface area contributed by atoms with Crippen molar-refractivity contribution in [2.45, 2.75) is 36.2 Å². The number of carbonyl (C=O) groups excluding carboxylic acids is 1. The molecule has 1 aromatic rings. The van der Waals surface area contributed by atoms with Crippen molar-refractivity contribution in [3.05, 3.63) is 29.8 Å². The standard InChI is InChI=1S/C14H19NO3S2/c1-10-8-15(9-11(2)19-10)20(17,18)14-6-4-5-13(7-14)12(3)16/h4-7,10-11H,8-9H2,1-3H3. The molecule has 0 spiro atoms. The molecule has 0 N–H and O–H groups in total. The van der Waals surface area contributed by atoms with Crippen molar-refractivity contribution < 1.29 is 13.2 Å². The van der Waals surface area contributed by atoms with E-state index in [4.69, 9.17) is 0 Å². The summed E-state index contributed by atoms with van der Waals surface area (Å²) in [6, 6.07) is 6.28. The molecule has 1 aliphatic heterocycles. The second-order valence-corrected chi connectivity index (χ2v) is 8.98. The van der Waals surface area contributed by atoms with Gasteiger partial charge in [-0.15, -0.1) is 0 Å². The minimum Gasteiger partial charge on any atom is -0.295 e. The average Bonchev–Trinajstić information content (AvgIpc) is 2.37. The molecule has 20 heavy (non-hydrogen) atoms. The largest absolute Gasteiger partial charge is 0.295 e. The number of sulfonamides is 1. The highest BCUT2D eigenvalue weighted by molar-refractivity contribution is 8.00. The second kappa shape index (κ2) is 5.87. The lowest BCUT2D eigenvalue weighted by Crippen LogP contribution is -2.43. The first-order valence-corrected chi connectivity index (χ1v) is 8.95. The Hall–Kier alpha value is -0.850. The van der Waals surface area contributed by atoms with E-state index in [1.165, 1.54) is 17.3 Å². The highest BCUT2D eigenvalue weighted by Crippen LogP contribution is 2.29.